The van der Waals surface area contributed by atoms with E-state index in [0.717, 1.165) is 0 Å². The zero-order valence-corrected chi connectivity index (χ0v) is 10.4. The second kappa shape index (κ2) is 7.66. The third kappa shape index (κ3) is 5.63. The van der Waals surface area contributed by atoms with Gasteiger partial charge in [-0.2, -0.15) is 0 Å². The number of benzene rings is 1. The van der Waals surface area contributed by atoms with Gasteiger partial charge in [-0.1, -0.05) is 24.3 Å². The summed E-state index contributed by atoms with van der Waals surface area (Å²) in [6.07, 6.45) is 3.82. The van der Waals surface area contributed by atoms with Crippen LogP contribution in [0.3, 0.4) is 0 Å². The number of carboxylic acids is 1. The van der Waals surface area contributed by atoms with Crippen molar-refractivity contribution in [3.05, 3.63) is 47.8 Å². The van der Waals surface area contributed by atoms with Crippen LogP contribution in [0, 0.1) is 11.7 Å². The van der Waals surface area contributed by atoms with Gasteiger partial charge in [0.05, 0.1) is 18.6 Å². The Labute approximate surface area is 110 Å². The van der Waals surface area contributed by atoms with Crippen molar-refractivity contribution in [3.8, 4) is 0 Å². The lowest BCUT2D eigenvalue weighted by Crippen LogP contribution is -2.21. The summed E-state index contributed by atoms with van der Waals surface area (Å²) in [4.78, 5) is 10.3. The highest BCUT2D eigenvalue weighted by Crippen LogP contribution is 2.17. The summed E-state index contributed by atoms with van der Waals surface area (Å²) in [6, 6.07) is 5.89. The highest BCUT2D eigenvalue weighted by atomic mass is 19.1. The van der Waals surface area contributed by atoms with Crippen LogP contribution in [0.4, 0.5) is 4.39 Å². The van der Waals surface area contributed by atoms with Gasteiger partial charge in [-0.15, -0.1) is 0 Å². The van der Waals surface area contributed by atoms with Crippen molar-refractivity contribution >= 4 is 5.97 Å². The molecule has 0 spiro atoms. The second-order valence-electron chi connectivity index (χ2n) is 4.29. The first-order valence-electron chi connectivity index (χ1n) is 5.95. The Morgan fingerprint density at radius 2 is 2.16 bits per heavy atom. The number of hydrogen-bond donors (Lipinski definition) is 3. The van der Waals surface area contributed by atoms with E-state index in [1.54, 1.807) is 24.3 Å². The number of aliphatic carboxylic acids is 1. The smallest absolute Gasteiger partial charge is 0.310 e. The number of rotatable bonds is 2. The Balaban J connectivity index is 0.000000191. The lowest BCUT2D eigenvalue weighted by Gasteiger charge is -2.16. The Morgan fingerprint density at radius 1 is 1.42 bits per heavy atom. The maximum atomic E-state index is 12.2. The number of aliphatic hydroxyl groups is 2. The normalized spacial score (nSPS) is 21.4. The number of halogens is 1. The van der Waals surface area contributed by atoms with Gasteiger partial charge in [0.2, 0.25) is 0 Å². The molecule has 0 fully saturated rings. The predicted molar refractivity (Wildman–Crippen MR) is 67.8 cm³/mol. The lowest BCUT2D eigenvalue weighted by molar-refractivity contribution is -0.141. The molecule has 0 saturated carbocycles. The van der Waals surface area contributed by atoms with E-state index >= 15 is 0 Å². The first kappa shape index (κ1) is 15.3. The molecule has 2 atom stereocenters. The fraction of sp³-hybridized carbons (Fsp3) is 0.357. The predicted octanol–water partition coefficient (Wildman–Crippen LogP) is 1.72. The van der Waals surface area contributed by atoms with Crippen LogP contribution in [0.5, 0.6) is 0 Å². The molecular formula is C14H17FO4. The minimum atomic E-state index is -0.852. The van der Waals surface area contributed by atoms with Crippen molar-refractivity contribution in [3.63, 3.8) is 0 Å². The van der Waals surface area contributed by atoms with E-state index in [1.807, 2.05) is 0 Å². The summed E-state index contributed by atoms with van der Waals surface area (Å²) in [5, 5.41) is 26.0. The van der Waals surface area contributed by atoms with Crippen molar-refractivity contribution < 1.29 is 24.5 Å². The van der Waals surface area contributed by atoms with E-state index in [1.165, 1.54) is 12.1 Å². The van der Waals surface area contributed by atoms with E-state index < -0.39 is 18.0 Å². The monoisotopic (exact) mass is 268 g/mol. The Hall–Kier alpha value is -1.72. The van der Waals surface area contributed by atoms with E-state index in [4.69, 9.17) is 15.3 Å². The van der Waals surface area contributed by atoms with Gasteiger partial charge in [0.15, 0.2) is 0 Å². The molecule has 1 aliphatic rings. The van der Waals surface area contributed by atoms with Gasteiger partial charge in [0.1, 0.15) is 5.82 Å². The fourth-order valence-electron chi connectivity index (χ4n) is 1.69. The van der Waals surface area contributed by atoms with Crippen LogP contribution in [-0.4, -0.2) is 27.4 Å². The van der Waals surface area contributed by atoms with E-state index in [2.05, 4.69) is 0 Å². The molecule has 0 unspecified atom stereocenters. The Bertz CT molecular complexity index is 445. The SMILES string of the molecule is O=C(O)[C@@H]1C=CC[C@H](O)C1.OCc1cccc(F)c1. The summed E-state index contributed by atoms with van der Waals surface area (Å²) in [7, 11) is 0. The van der Waals surface area contributed by atoms with Crippen LogP contribution in [0.1, 0.15) is 18.4 Å². The van der Waals surface area contributed by atoms with E-state index in [0.29, 0.717) is 18.4 Å². The molecule has 2 rings (SSSR count). The first-order chi connectivity index (χ1) is 9.02. The average Bonchev–Trinajstić information content (AvgIpc) is 2.39. The standard InChI is InChI=1S/C7H7FO.C7H10O3/c8-7-3-1-2-6(4-7)5-9;8-6-3-1-2-5(4-6)7(9)10/h1-4,9H,5H2;1-2,5-6,8H,3-4H2,(H,9,10)/t;5-,6+/m.1/s1. The van der Waals surface area contributed by atoms with Gasteiger partial charge in [-0.3, -0.25) is 4.79 Å². The first-order valence-corrected chi connectivity index (χ1v) is 5.95. The van der Waals surface area contributed by atoms with Crippen molar-refractivity contribution in [2.75, 3.05) is 0 Å². The summed E-state index contributed by atoms with van der Waals surface area (Å²) in [5.74, 6) is -1.64. The number of carbonyl (C=O) groups is 1. The summed E-state index contributed by atoms with van der Waals surface area (Å²) in [6.45, 7) is -0.0994. The Kier molecular flexibility index (Phi) is 6.18. The second-order valence-corrected chi connectivity index (χ2v) is 4.29. The Morgan fingerprint density at radius 3 is 2.58 bits per heavy atom. The quantitative estimate of drug-likeness (QED) is 0.714. The van der Waals surface area contributed by atoms with E-state index in [-0.39, 0.29) is 12.4 Å². The van der Waals surface area contributed by atoms with Crippen LogP contribution in [0.2, 0.25) is 0 Å². The highest BCUT2D eigenvalue weighted by molar-refractivity contribution is 5.72. The van der Waals surface area contributed by atoms with Crippen LogP contribution in [0.25, 0.3) is 0 Å². The minimum Gasteiger partial charge on any atom is -0.481 e. The molecule has 1 aliphatic carbocycles. The average molecular weight is 268 g/mol. The number of carboxylic acid groups (broad SMARTS) is 1. The van der Waals surface area contributed by atoms with Crippen LogP contribution < -0.4 is 0 Å². The van der Waals surface area contributed by atoms with Gasteiger partial charge in [0.25, 0.3) is 0 Å². The molecule has 0 aromatic heterocycles. The number of hydrogen-bond acceptors (Lipinski definition) is 3. The summed E-state index contributed by atoms with van der Waals surface area (Å²) >= 11 is 0. The summed E-state index contributed by atoms with van der Waals surface area (Å²) < 4.78 is 12.2. The molecule has 0 amide bonds. The molecule has 0 saturated heterocycles. The van der Waals surface area contributed by atoms with Gasteiger partial charge < -0.3 is 15.3 Å². The van der Waals surface area contributed by atoms with Crippen LogP contribution in [-0.2, 0) is 11.4 Å². The molecule has 4 nitrogen and oxygen atoms in total. The molecule has 0 bridgehead atoms. The van der Waals surface area contributed by atoms with Crippen molar-refractivity contribution in [1.29, 1.82) is 0 Å². The molecule has 104 valence electrons. The third-order valence-corrected chi connectivity index (χ3v) is 2.69. The maximum Gasteiger partial charge on any atom is 0.310 e. The van der Waals surface area contributed by atoms with Gasteiger partial charge in [0, 0.05) is 0 Å². The zero-order chi connectivity index (χ0) is 14.3. The zero-order valence-electron chi connectivity index (χ0n) is 10.4. The molecule has 1 aromatic rings. The minimum absolute atomic E-state index is 0.0994. The van der Waals surface area contributed by atoms with Gasteiger partial charge in [-0.05, 0) is 30.5 Å². The largest absolute Gasteiger partial charge is 0.481 e. The molecule has 0 heterocycles. The molecule has 5 heteroatoms. The van der Waals surface area contributed by atoms with Crippen LogP contribution >= 0.6 is 0 Å². The van der Waals surface area contributed by atoms with E-state index in [9.17, 15) is 9.18 Å². The molecule has 3 N–H and O–H groups in total. The van der Waals surface area contributed by atoms with Crippen LogP contribution in [0.15, 0.2) is 36.4 Å². The summed E-state index contributed by atoms with van der Waals surface area (Å²) in [5.41, 5.74) is 0.606. The number of aliphatic hydroxyl groups excluding tert-OH is 2. The third-order valence-electron chi connectivity index (χ3n) is 2.69. The van der Waals surface area contributed by atoms with Crippen molar-refractivity contribution in [1.82, 2.24) is 0 Å². The highest BCUT2D eigenvalue weighted by Gasteiger charge is 2.20. The lowest BCUT2D eigenvalue weighted by atomic mass is 9.94. The molecule has 0 radical (unpaired) electrons. The fourth-order valence-corrected chi connectivity index (χ4v) is 1.69. The van der Waals surface area contributed by atoms with Gasteiger partial charge in [-0.25, -0.2) is 4.39 Å². The van der Waals surface area contributed by atoms with Gasteiger partial charge >= 0.3 is 5.97 Å². The molecule has 0 aliphatic heterocycles. The topological polar surface area (TPSA) is 77.8 Å². The maximum absolute atomic E-state index is 12.2. The molecule has 1 aromatic carbocycles. The molecular weight excluding hydrogens is 251 g/mol. The van der Waals surface area contributed by atoms with Crippen molar-refractivity contribution in [2.24, 2.45) is 5.92 Å². The van der Waals surface area contributed by atoms with Crippen molar-refractivity contribution in [2.45, 2.75) is 25.6 Å². The molecule has 19 heavy (non-hydrogen) atoms.